The van der Waals surface area contributed by atoms with E-state index in [9.17, 15) is 34.2 Å². The Kier molecular flexibility index (Phi) is 30.2. The first-order valence-corrected chi connectivity index (χ1v) is 43.5. The number of unbranched alkanes of at least 4 members (excludes halogenated alkanes) is 10. The number of carbonyl (C=O) groups excluding carboxylic acids is 5. The number of hydrogen-bond acceptors (Lipinski definition) is 12. The molecule has 0 radical (unpaired) electrons. The molecule has 2 saturated heterocycles. The first-order chi connectivity index (χ1) is 48.6. The van der Waals surface area contributed by atoms with E-state index in [0.29, 0.717) is 96.7 Å². The number of ether oxygens (including phenoxy) is 3. The van der Waals surface area contributed by atoms with Gasteiger partial charge in [0.25, 0.3) is 0 Å². The Morgan fingerprint density at radius 3 is 1.22 bits per heavy atom. The summed E-state index contributed by atoms with van der Waals surface area (Å²) in [5, 5.41) is 31.5. The van der Waals surface area contributed by atoms with Crippen molar-refractivity contribution in [3.63, 3.8) is 0 Å². The fraction of sp³-hybridized carbons (Fsp3) is 0.943. The Labute approximate surface area is 614 Å². The van der Waals surface area contributed by atoms with Gasteiger partial charge in [0.15, 0.2) is 0 Å². The fourth-order valence-corrected chi connectivity index (χ4v) is 26.1. The minimum Gasteiger partial charge on any atom is -0.463 e. The van der Waals surface area contributed by atoms with Crippen molar-refractivity contribution in [3.05, 3.63) is 0 Å². The number of aliphatic hydroxyl groups excluding tert-OH is 2. The highest BCUT2D eigenvalue weighted by Gasteiger charge is 2.67. The molecular formula is C87H150N4O10. The number of hydrogen-bond donors (Lipinski definition) is 4. The molecule has 2 amide bonds. The molecule has 0 spiro atoms. The lowest BCUT2D eigenvalue weighted by Gasteiger charge is -2.65. The Morgan fingerprint density at radius 1 is 0.446 bits per heavy atom. The zero-order chi connectivity index (χ0) is 71.9. The van der Waals surface area contributed by atoms with Crippen LogP contribution in [0.1, 0.15) is 332 Å². The third-order valence-electron chi connectivity index (χ3n) is 31.5. The minimum absolute atomic E-state index is 0.0723. The van der Waals surface area contributed by atoms with Crippen LogP contribution in [0.3, 0.4) is 0 Å². The number of amides is 2. The van der Waals surface area contributed by atoms with E-state index in [1.54, 1.807) is 0 Å². The summed E-state index contributed by atoms with van der Waals surface area (Å²) in [5.74, 6) is 6.01. The molecule has 2 heterocycles. The largest absolute Gasteiger partial charge is 0.463 e. The molecule has 10 aliphatic rings. The molecule has 0 bridgehead atoms. The molecule has 23 atom stereocenters. The second-order valence-corrected chi connectivity index (χ2v) is 37.2. The van der Waals surface area contributed by atoms with Crippen LogP contribution >= 0.6 is 0 Å². The summed E-state index contributed by atoms with van der Waals surface area (Å²) in [6.07, 6.45) is 41.5. The summed E-state index contributed by atoms with van der Waals surface area (Å²) < 4.78 is 18.4. The van der Waals surface area contributed by atoms with E-state index in [2.05, 4.69) is 75.8 Å². The van der Waals surface area contributed by atoms with Crippen LogP contribution in [0.2, 0.25) is 0 Å². The predicted octanol–water partition coefficient (Wildman–Crippen LogP) is 17.6. The van der Waals surface area contributed by atoms with Crippen LogP contribution in [0, 0.1) is 105 Å². The molecule has 578 valence electrons. The normalized spacial score (nSPS) is 37.7. The van der Waals surface area contributed by atoms with Crippen LogP contribution in [0.25, 0.3) is 0 Å². The van der Waals surface area contributed by atoms with Crippen molar-refractivity contribution in [1.29, 1.82) is 0 Å². The van der Waals surface area contributed by atoms with Gasteiger partial charge in [-0.1, -0.05) is 107 Å². The van der Waals surface area contributed by atoms with E-state index in [1.165, 1.54) is 110 Å². The molecule has 4 N–H and O–H groups in total. The molecule has 8 aliphatic carbocycles. The van der Waals surface area contributed by atoms with Gasteiger partial charge in [0.1, 0.15) is 18.3 Å². The van der Waals surface area contributed by atoms with E-state index in [0.717, 1.165) is 193 Å². The van der Waals surface area contributed by atoms with Crippen LogP contribution in [0.4, 0.5) is 0 Å². The Balaban J connectivity index is 0.563. The van der Waals surface area contributed by atoms with Crippen LogP contribution < -0.4 is 10.6 Å². The lowest BCUT2D eigenvalue weighted by molar-refractivity contribution is -0.207. The van der Waals surface area contributed by atoms with Gasteiger partial charge in [0.05, 0.1) is 12.2 Å². The van der Waals surface area contributed by atoms with Gasteiger partial charge in [0.2, 0.25) is 11.8 Å². The smallest absolute Gasteiger partial charge is 0.306 e. The van der Waals surface area contributed by atoms with E-state index in [-0.39, 0.29) is 93.7 Å². The average molecular weight is 1410 g/mol. The molecule has 5 unspecified atom stereocenters. The van der Waals surface area contributed by atoms with Crippen LogP contribution in [0.5, 0.6) is 0 Å². The first-order valence-electron chi connectivity index (χ1n) is 43.5. The molecule has 8 saturated carbocycles. The Bertz CT molecular complexity index is 2430. The molecule has 10 rings (SSSR count). The van der Waals surface area contributed by atoms with E-state index in [4.69, 9.17) is 14.2 Å². The van der Waals surface area contributed by atoms with Crippen LogP contribution in [0.15, 0.2) is 0 Å². The second-order valence-electron chi connectivity index (χ2n) is 37.2. The van der Waals surface area contributed by atoms with Crippen molar-refractivity contribution in [2.24, 2.45) is 105 Å². The topological polar surface area (TPSA) is 184 Å². The second kappa shape index (κ2) is 37.8. The quantitative estimate of drug-likeness (QED) is 0.0260. The number of likely N-dealkylation sites (tertiary alicyclic amines) is 2. The van der Waals surface area contributed by atoms with Gasteiger partial charge in [-0.15, -0.1) is 0 Å². The Hall–Kier alpha value is -2.81. The maximum absolute atomic E-state index is 13.4. The number of fused-ring (bicyclic) bond motifs is 10. The predicted molar refractivity (Wildman–Crippen MR) is 404 cm³/mol. The molecule has 101 heavy (non-hydrogen) atoms. The standard InChI is InChI=1S/C87H150N4O10/c1-10-66-74-58-64(42-46-86(74,8)72-44-48-84(6)68(36-38-70(84)80(72)82(66)97)60(3)34-40-76(93)88-50-22-24-52-90-54-26-27-55-90)100-78(95)32-20-16-12-14-18-30-63(99-62(5)92)31-19-15-13-17-21-33-79(96)101-65-43-47-87(9)73-45-49-85(7)69(37-39-71(85)81(73)83(98)67(11-2)75(87)59-65)61(4)35-41-77(94)89-51-23-25-53-91-56-28-29-57-91/h60-61,63-75,80-83,97-98H,10-59H2,1-9H3,(H,88,93)(H,89,94)/t60-,61-,63?,64-,65-,66-,67-,68?,69?,70+,71?,72+,73?,74+,75+,80+,81+,82-,83-,84-,85-,86-,87-/m1/s1. The Morgan fingerprint density at radius 2 is 0.822 bits per heavy atom. The van der Waals surface area contributed by atoms with E-state index >= 15 is 0 Å². The third kappa shape index (κ3) is 19.7. The summed E-state index contributed by atoms with van der Waals surface area (Å²) in [7, 11) is 0. The van der Waals surface area contributed by atoms with Gasteiger partial charge in [-0.2, -0.15) is 0 Å². The molecule has 10 fully saturated rings. The van der Waals surface area contributed by atoms with Gasteiger partial charge >= 0.3 is 17.9 Å². The maximum atomic E-state index is 13.4. The summed E-state index contributed by atoms with van der Waals surface area (Å²) in [6.45, 7) is 29.9. The SMILES string of the molecule is CC[C@H]1[C@@H](O)[C@@H]2[C@H](CC[C@]3(C)C([C@H](C)CCC(=O)NCCCCN4CCCC4)CC[C@@H]23)[C@@]2(C)CC[C@@H](OC(=O)CCCCCCCC(CCCCCCCC(=O)O[C@@H]3CC[C@]4(C)C5CC[C@@]6(C)C(CCC6[C@H](C)CCC(=O)NCCCCN6CCCC6)[C@@H]5[C@H](O)[C@H](CC)[C@@H]4C3)OC(C)=O)C[C@@H]12. The number of esters is 3. The van der Waals surface area contributed by atoms with E-state index in [1.807, 2.05) is 0 Å². The van der Waals surface area contributed by atoms with Crippen molar-refractivity contribution in [2.75, 3.05) is 52.4 Å². The van der Waals surface area contributed by atoms with Crippen LogP contribution in [-0.2, 0) is 38.2 Å². The highest BCUT2D eigenvalue weighted by Crippen LogP contribution is 2.72. The van der Waals surface area contributed by atoms with Gasteiger partial charge < -0.3 is 44.9 Å². The molecular weight excluding hydrogens is 1260 g/mol. The summed E-state index contributed by atoms with van der Waals surface area (Å²) in [5.41, 5.74) is 0.676. The first kappa shape index (κ1) is 80.7. The van der Waals surface area contributed by atoms with Crippen molar-refractivity contribution < 1.29 is 48.4 Å². The van der Waals surface area contributed by atoms with Crippen molar-refractivity contribution in [2.45, 2.75) is 363 Å². The van der Waals surface area contributed by atoms with Crippen molar-refractivity contribution in [1.82, 2.24) is 20.4 Å². The van der Waals surface area contributed by atoms with Gasteiger partial charge in [-0.3, -0.25) is 24.0 Å². The van der Waals surface area contributed by atoms with Gasteiger partial charge in [-0.05, 0) is 336 Å². The molecule has 2 aliphatic heterocycles. The number of rotatable bonds is 39. The number of nitrogens with zero attached hydrogens (tertiary/aromatic N) is 2. The number of nitrogens with one attached hydrogen (secondary N) is 2. The average Bonchev–Trinajstić information content (AvgIpc) is 1.68. The highest BCUT2D eigenvalue weighted by atomic mass is 16.6. The number of carbonyl (C=O) groups is 5. The zero-order valence-electron chi connectivity index (χ0n) is 65.9. The van der Waals surface area contributed by atoms with Crippen molar-refractivity contribution >= 4 is 29.7 Å². The van der Waals surface area contributed by atoms with Crippen molar-refractivity contribution in [3.8, 4) is 0 Å². The summed E-state index contributed by atoms with van der Waals surface area (Å²) >= 11 is 0. The fourth-order valence-electron chi connectivity index (χ4n) is 26.1. The molecule has 14 nitrogen and oxygen atoms in total. The number of aliphatic hydroxyl groups is 2. The monoisotopic (exact) mass is 1410 g/mol. The summed E-state index contributed by atoms with van der Waals surface area (Å²) in [6, 6.07) is 0. The zero-order valence-corrected chi connectivity index (χ0v) is 65.9. The summed E-state index contributed by atoms with van der Waals surface area (Å²) in [4.78, 5) is 70.1. The molecule has 0 aromatic heterocycles. The third-order valence-corrected chi connectivity index (χ3v) is 31.5. The lowest BCUT2D eigenvalue weighted by atomic mass is 9.41. The molecule has 0 aromatic carbocycles. The molecule has 14 heteroatoms. The van der Waals surface area contributed by atoms with E-state index < -0.39 is 0 Å². The van der Waals surface area contributed by atoms with Gasteiger partial charge in [0, 0.05) is 45.7 Å². The van der Waals surface area contributed by atoms with Gasteiger partial charge in [-0.25, -0.2) is 0 Å². The highest BCUT2D eigenvalue weighted by molar-refractivity contribution is 5.76. The van der Waals surface area contributed by atoms with Crippen LogP contribution in [-0.4, -0.2) is 133 Å². The maximum Gasteiger partial charge on any atom is 0.306 e. The molecule has 0 aromatic rings. The lowest BCUT2D eigenvalue weighted by Crippen LogP contribution is -2.62. The minimum atomic E-state index is -0.323.